The van der Waals surface area contributed by atoms with E-state index in [4.69, 9.17) is 9.47 Å². The van der Waals surface area contributed by atoms with E-state index in [2.05, 4.69) is 13.2 Å². The van der Waals surface area contributed by atoms with E-state index in [-0.39, 0.29) is 25.0 Å². The maximum atomic E-state index is 14.1. The number of likely N-dealkylation sites (tertiary alicyclic amines) is 1. The van der Waals surface area contributed by atoms with E-state index >= 15 is 0 Å². The molecule has 3 heterocycles. The highest BCUT2D eigenvalue weighted by atomic mass is 16.6. The zero-order valence-corrected chi connectivity index (χ0v) is 20.5. The first-order valence-corrected chi connectivity index (χ1v) is 11.8. The van der Waals surface area contributed by atoms with Crippen molar-refractivity contribution in [2.45, 2.75) is 82.7 Å². The number of hydrogen-bond acceptors (Lipinski definition) is 6. The molecule has 3 rings (SSSR count). The molecule has 2 unspecified atom stereocenters. The number of carbonyl (C=O) groups is 3. The number of rotatable bonds is 9. The second-order valence-electron chi connectivity index (χ2n) is 10.5. The average molecular weight is 463 g/mol. The van der Waals surface area contributed by atoms with Crippen LogP contribution < -0.4 is 0 Å². The van der Waals surface area contributed by atoms with Crippen LogP contribution in [0.5, 0.6) is 0 Å². The molecule has 8 nitrogen and oxygen atoms in total. The first-order valence-electron chi connectivity index (χ1n) is 11.8. The number of nitrogens with zero attached hydrogens (tertiary/aromatic N) is 2. The predicted octanol–water partition coefficient (Wildman–Crippen LogP) is 2.06. The first kappa shape index (κ1) is 25.4. The summed E-state index contributed by atoms with van der Waals surface area (Å²) in [6.45, 7) is 16.9. The van der Waals surface area contributed by atoms with Crippen molar-refractivity contribution in [3.8, 4) is 0 Å². The van der Waals surface area contributed by atoms with E-state index in [0.29, 0.717) is 25.8 Å². The summed E-state index contributed by atoms with van der Waals surface area (Å²) in [6.07, 6.45) is 4.62. The van der Waals surface area contributed by atoms with Crippen LogP contribution in [0.1, 0.15) is 53.9 Å². The average Bonchev–Trinajstić information content (AvgIpc) is 3.31. The molecule has 0 aromatic heterocycles. The Hall–Kier alpha value is -2.19. The van der Waals surface area contributed by atoms with Crippen LogP contribution in [-0.2, 0) is 23.9 Å². The Morgan fingerprint density at radius 2 is 2.00 bits per heavy atom. The lowest BCUT2D eigenvalue weighted by atomic mass is 9.66. The van der Waals surface area contributed by atoms with Crippen LogP contribution >= 0.6 is 0 Å². The van der Waals surface area contributed by atoms with Gasteiger partial charge in [-0.25, -0.2) is 0 Å². The maximum absolute atomic E-state index is 14.1. The van der Waals surface area contributed by atoms with Crippen molar-refractivity contribution in [3.05, 3.63) is 25.3 Å². The van der Waals surface area contributed by atoms with E-state index in [1.807, 2.05) is 34.6 Å². The molecule has 0 aromatic carbocycles. The fourth-order valence-electron chi connectivity index (χ4n) is 6.01. The minimum absolute atomic E-state index is 0.0385. The Morgan fingerprint density at radius 3 is 2.52 bits per heavy atom. The van der Waals surface area contributed by atoms with Crippen LogP contribution in [-0.4, -0.2) is 81.3 Å². The van der Waals surface area contributed by atoms with Gasteiger partial charge in [0.25, 0.3) is 0 Å². The highest BCUT2D eigenvalue weighted by molar-refractivity contribution is 5.99. The quantitative estimate of drug-likeness (QED) is 0.416. The van der Waals surface area contributed by atoms with Gasteiger partial charge in [0.05, 0.1) is 24.2 Å². The summed E-state index contributed by atoms with van der Waals surface area (Å²) in [5, 5.41) is 10.1. The number of amides is 2. The summed E-state index contributed by atoms with van der Waals surface area (Å²) in [4.78, 5) is 44.3. The van der Waals surface area contributed by atoms with Crippen molar-refractivity contribution >= 4 is 17.8 Å². The molecule has 1 spiro atoms. The molecule has 3 aliphatic rings. The minimum Gasteiger partial charge on any atom is -0.461 e. The SMILES string of the molecule is C=CCOC(=O)[C@H]1[C@H]2C(=O)N([C@@H](CC)CO)C(C(=O)N(CC=C)C(C)(C)C)C23CC[C@]1(C)O3. The number of aliphatic hydroxyl groups is 1. The summed E-state index contributed by atoms with van der Waals surface area (Å²) < 4.78 is 11.9. The molecule has 0 aromatic rings. The molecule has 0 aliphatic carbocycles. The van der Waals surface area contributed by atoms with E-state index in [9.17, 15) is 19.5 Å². The van der Waals surface area contributed by atoms with Crippen LogP contribution in [0, 0.1) is 11.8 Å². The van der Waals surface area contributed by atoms with Gasteiger partial charge in [0.1, 0.15) is 24.2 Å². The second-order valence-corrected chi connectivity index (χ2v) is 10.5. The van der Waals surface area contributed by atoms with Crippen molar-refractivity contribution in [2.75, 3.05) is 19.8 Å². The van der Waals surface area contributed by atoms with Gasteiger partial charge in [0.2, 0.25) is 11.8 Å². The van der Waals surface area contributed by atoms with Crippen LogP contribution in [0.3, 0.4) is 0 Å². The van der Waals surface area contributed by atoms with Crippen molar-refractivity contribution in [2.24, 2.45) is 11.8 Å². The topological polar surface area (TPSA) is 96.4 Å². The number of carbonyl (C=O) groups excluding carboxylic acids is 3. The summed E-state index contributed by atoms with van der Waals surface area (Å²) in [7, 11) is 0. The third kappa shape index (κ3) is 3.81. The number of ether oxygens (including phenoxy) is 2. The molecule has 2 bridgehead atoms. The van der Waals surface area contributed by atoms with Crippen LogP contribution in [0.4, 0.5) is 0 Å². The predicted molar refractivity (Wildman–Crippen MR) is 123 cm³/mol. The summed E-state index contributed by atoms with van der Waals surface area (Å²) in [5.41, 5.74) is -2.57. The van der Waals surface area contributed by atoms with Gasteiger partial charge in [-0.2, -0.15) is 0 Å². The Balaban J connectivity index is 2.14. The molecular weight excluding hydrogens is 424 g/mol. The Labute approximate surface area is 196 Å². The molecule has 1 N–H and O–H groups in total. The normalized spacial score (nSPS) is 33.6. The smallest absolute Gasteiger partial charge is 0.313 e. The van der Waals surface area contributed by atoms with Crippen LogP contribution in [0.15, 0.2) is 25.3 Å². The maximum Gasteiger partial charge on any atom is 0.313 e. The monoisotopic (exact) mass is 462 g/mol. The molecule has 6 atom stereocenters. The summed E-state index contributed by atoms with van der Waals surface area (Å²) in [6, 6.07) is -1.50. The zero-order chi connectivity index (χ0) is 24.8. The third-order valence-corrected chi connectivity index (χ3v) is 7.51. The molecule has 3 saturated heterocycles. The van der Waals surface area contributed by atoms with Gasteiger partial charge in [-0.05, 0) is 47.0 Å². The van der Waals surface area contributed by atoms with E-state index in [1.54, 1.807) is 11.0 Å². The molecule has 184 valence electrons. The van der Waals surface area contributed by atoms with Gasteiger partial charge < -0.3 is 24.4 Å². The Bertz CT molecular complexity index is 831. The Morgan fingerprint density at radius 1 is 1.33 bits per heavy atom. The van der Waals surface area contributed by atoms with Crippen molar-refractivity contribution in [1.82, 2.24) is 9.80 Å². The Kier molecular flexibility index (Phi) is 6.84. The van der Waals surface area contributed by atoms with Gasteiger partial charge in [0.15, 0.2) is 0 Å². The lowest BCUT2D eigenvalue weighted by Gasteiger charge is -2.43. The molecule has 2 amide bonds. The molecule has 33 heavy (non-hydrogen) atoms. The number of esters is 1. The lowest BCUT2D eigenvalue weighted by molar-refractivity contribution is -0.162. The van der Waals surface area contributed by atoms with E-state index in [0.717, 1.165) is 0 Å². The van der Waals surface area contributed by atoms with Crippen molar-refractivity contribution in [1.29, 1.82) is 0 Å². The van der Waals surface area contributed by atoms with Crippen LogP contribution in [0.25, 0.3) is 0 Å². The third-order valence-electron chi connectivity index (χ3n) is 7.51. The van der Waals surface area contributed by atoms with Gasteiger partial charge in [-0.3, -0.25) is 14.4 Å². The van der Waals surface area contributed by atoms with Crippen molar-refractivity contribution < 1.29 is 29.0 Å². The van der Waals surface area contributed by atoms with Gasteiger partial charge in [0, 0.05) is 12.1 Å². The molecule has 3 fully saturated rings. The standard InChI is InChI=1S/C25H38N2O6/c1-8-13-26(23(4,5)6)21(30)19-25-12-11-24(7,33-25)18(22(31)32-14-9-2)17(25)20(29)27(19)16(10-3)15-28/h8-9,16-19,28H,1-2,10-15H2,3-7H3/t16-,17-,18+,19?,24-,25?/m0/s1. The molecule has 3 aliphatic heterocycles. The second kappa shape index (κ2) is 8.87. The highest BCUT2D eigenvalue weighted by Gasteiger charge is 2.79. The molecule has 8 heteroatoms. The number of hydrogen-bond donors (Lipinski definition) is 1. The largest absolute Gasteiger partial charge is 0.461 e. The highest BCUT2D eigenvalue weighted by Crippen LogP contribution is 2.63. The van der Waals surface area contributed by atoms with Gasteiger partial charge in [-0.15, -0.1) is 6.58 Å². The number of fused-ring (bicyclic) bond motifs is 1. The van der Waals surface area contributed by atoms with Crippen molar-refractivity contribution in [3.63, 3.8) is 0 Å². The summed E-state index contributed by atoms with van der Waals surface area (Å²) >= 11 is 0. The fraction of sp³-hybridized carbons (Fsp3) is 0.720. The van der Waals surface area contributed by atoms with Crippen LogP contribution in [0.2, 0.25) is 0 Å². The van der Waals surface area contributed by atoms with E-state index in [1.165, 1.54) is 11.0 Å². The minimum atomic E-state index is -1.14. The number of aliphatic hydroxyl groups excluding tert-OH is 1. The molecular formula is C25H38N2O6. The van der Waals surface area contributed by atoms with Gasteiger partial charge >= 0.3 is 5.97 Å². The summed E-state index contributed by atoms with van der Waals surface area (Å²) in [5.74, 6) is -2.76. The molecule has 0 saturated carbocycles. The first-order chi connectivity index (χ1) is 15.4. The molecule has 0 radical (unpaired) electrons. The van der Waals surface area contributed by atoms with E-state index < -0.39 is 46.6 Å². The fourth-order valence-corrected chi connectivity index (χ4v) is 6.01. The zero-order valence-electron chi connectivity index (χ0n) is 20.5. The van der Waals surface area contributed by atoms with Gasteiger partial charge in [-0.1, -0.05) is 25.7 Å². The lowest BCUT2D eigenvalue weighted by Crippen LogP contribution is -2.61.